The molecule has 10 heteroatoms. The Morgan fingerprint density at radius 3 is 2.51 bits per heavy atom. The minimum Gasteiger partial charge on any atom is -0.493 e. The summed E-state index contributed by atoms with van der Waals surface area (Å²) in [6.45, 7) is 2.33. The van der Waals surface area contributed by atoms with Crippen molar-refractivity contribution >= 4 is 17.6 Å². The number of aromatic nitrogens is 4. The van der Waals surface area contributed by atoms with Crippen molar-refractivity contribution in [2.75, 3.05) is 38.2 Å². The van der Waals surface area contributed by atoms with Gasteiger partial charge in [-0.15, -0.1) is 0 Å². The molecule has 5 rings (SSSR count). The molecule has 0 unspecified atom stereocenters. The Morgan fingerprint density at radius 2 is 1.83 bits per heavy atom. The van der Waals surface area contributed by atoms with E-state index in [0.717, 1.165) is 49.3 Å². The highest BCUT2D eigenvalue weighted by Crippen LogP contribution is 2.40. The zero-order chi connectivity index (χ0) is 24.5. The molecule has 3 heterocycles. The first-order chi connectivity index (χ1) is 17.1. The molecule has 10 nitrogen and oxygen atoms in total. The lowest BCUT2D eigenvalue weighted by Gasteiger charge is -2.30. The topological polar surface area (TPSA) is 107 Å². The summed E-state index contributed by atoms with van der Waals surface area (Å²) < 4.78 is 18.2. The van der Waals surface area contributed by atoms with Crippen molar-refractivity contribution in [1.29, 1.82) is 0 Å². The monoisotopic (exact) mass is 480 g/mol. The van der Waals surface area contributed by atoms with Gasteiger partial charge in [-0.2, -0.15) is 4.98 Å². The lowest BCUT2D eigenvalue weighted by molar-refractivity contribution is 0.264. The lowest BCUT2D eigenvalue weighted by Crippen LogP contribution is -2.38. The van der Waals surface area contributed by atoms with E-state index in [1.165, 1.54) is 5.56 Å². The van der Waals surface area contributed by atoms with Gasteiger partial charge in [-0.05, 0) is 39.0 Å². The molecule has 2 aromatic heterocycles. The Morgan fingerprint density at radius 1 is 1.06 bits per heavy atom. The molecule has 2 N–H and O–H groups in total. The highest BCUT2D eigenvalue weighted by atomic mass is 16.5. The van der Waals surface area contributed by atoms with Crippen LogP contribution in [0.5, 0.6) is 17.2 Å². The molecular formula is C25H32N6O4. The summed E-state index contributed by atoms with van der Waals surface area (Å²) in [5, 5.41) is 13.2. The molecule has 0 bridgehead atoms. The largest absolute Gasteiger partial charge is 0.493 e. The van der Waals surface area contributed by atoms with Crippen molar-refractivity contribution in [3.05, 3.63) is 35.9 Å². The highest BCUT2D eigenvalue weighted by Gasteiger charge is 2.34. The minimum atomic E-state index is 0.0942. The number of hydrogen-bond donors (Lipinski definition) is 2. The first kappa shape index (κ1) is 23.2. The van der Waals surface area contributed by atoms with E-state index in [4.69, 9.17) is 24.2 Å². The number of nitrogens with zero attached hydrogens (tertiary/aromatic N) is 5. The van der Waals surface area contributed by atoms with E-state index in [-0.39, 0.29) is 12.6 Å². The third kappa shape index (κ3) is 4.22. The van der Waals surface area contributed by atoms with Crippen LogP contribution in [0, 0.1) is 0 Å². The molecule has 1 aliphatic carbocycles. The van der Waals surface area contributed by atoms with Gasteiger partial charge in [0.1, 0.15) is 12.1 Å². The van der Waals surface area contributed by atoms with E-state index >= 15 is 0 Å². The summed E-state index contributed by atoms with van der Waals surface area (Å²) in [5.41, 5.74) is 3.11. The number of benzene rings is 1. The van der Waals surface area contributed by atoms with E-state index in [0.29, 0.717) is 35.1 Å². The third-order valence-electron chi connectivity index (χ3n) is 6.92. The molecule has 0 radical (unpaired) electrons. The van der Waals surface area contributed by atoms with Crippen molar-refractivity contribution in [2.45, 2.75) is 51.1 Å². The van der Waals surface area contributed by atoms with E-state index in [1.807, 2.05) is 22.9 Å². The number of fused-ring (bicyclic) bond motifs is 1. The molecule has 2 atom stereocenters. The van der Waals surface area contributed by atoms with Crippen LogP contribution < -0.4 is 24.4 Å². The lowest BCUT2D eigenvalue weighted by atomic mass is 10.2. The van der Waals surface area contributed by atoms with Gasteiger partial charge in [-0.1, -0.05) is 0 Å². The maximum atomic E-state index is 9.95. The fourth-order valence-corrected chi connectivity index (χ4v) is 5.17. The molecule has 1 aromatic carbocycles. The quantitative estimate of drug-likeness (QED) is 0.502. The van der Waals surface area contributed by atoms with Gasteiger partial charge in [0.15, 0.2) is 17.3 Å². The van der Waals surface area contributed by atoms with Gasteiger partial charge in [0, 0.05) is 23.7 Å². The standard InChI is InChI=1S/C25H32N6O4/c1-15-8-9-16(13-32)31(15)24-18-6-5-7-19(18)27-25(29-24)28-22-12-30(14-26-22)17-10-20(33-2)23(35-4)21(11-17)34-3/h10-12,14-16,32H,5-9,13H2,1-4H3,(H,27,28,29)/t15-,16+/m1/s1. The molecule has 35 heavy (non-hydrogen) atoms. The summed E-state index contributed by atoms with van der Waals surface area (Å²) in [5.74, 6) is 3.75. The number of imidazole rings is 1. The van der Waals surface area contributed by atoms with Crippen LogP contribution in [-0.4, -0.2) is 64.6 Å². The first-order valence-corrected chi connectivity index (χ1v) is 12.0. The van der Waals surface area contributed by atoms with Crippen LogP contribution in [0.1, 0.15) is 37.4 Å². The van der Waals surface area contributed by atoms with Gasteiger partial charge in [0.2, 0.25) is 11.7 Å². The summed E-state index contributed by atoms with van der Waals surface area (Å²) in [6, 6.07) is 4.15. The molecule has 186 valence electrons. The molecule has 0 spiro atoms. The predicted octanol–water partition coefficient (Wildman–Crippen LogP) is 3.27. The second-order valence-electron chi connectivity index (χ2n) is 8.99. The molecule has 1 fully saturated rings. The van der Waals surface area contributed by atoms with E-state index in [9.17, 15) is 5.11 Å². The summed E-state index contributed by atoms with van der Waals surface area (Å²) in [4.78, 5) is 16.5. The molecule has 1 aliphatic heterocycles. The van der Waals surface area contributed by atoms with Gasteiger partial charge in [0.05, 0.1) is 51.6 Å². The molecule has 0 saturated carbocycles. The fourth-order valence-electron chi connectivity index (χ4n) is 5.17. The average molecular weight is 481 g/mol. The van der Waals surface area contributed by atoms with Gasteiger partial charge in [-0.3, -0.25) is 0 Å². The smallest absolute Gasteiger partial charge is 0.230 e. The molecular weight excluding hydrogens is 448 g/mol. The predicted molar refractivity (Wildman–Crippen MR) is 133 cm³/mol. The maximum absolute atomic E-state index is 9.95. The van der Waals surface area contributed by atoms with Gasteiger partial charge >= 0.3 is 0 Å². The SMILES string of the molecule is COc1cc(-n2cnc(Nc3nc4c(c(N5[C@H](CO)CC[C@H]5C)n3)CCC4)c2)cc(OC)c1OC. The van der Waals surface area contributed by atoms with Gasteiger partial charge < -0.3 is 34.1 Å². The van der Waals surface area contributed by atoms with Crippen LogP contribution in [0.25, 0.3) is 5.69 Å². The summed E-state index contributed by atoms with van der Waals surface area (Å²) in [7, 11) is 4.76. The van der Waals surface area contributed by atoms with Crippen LogP contribution in [-0.2, 0) is 12.8 Å². The molecule has 0 amide bonds. The van der Waals surface area contributed by atoms with Crippen molar-refractivity contribution < 1.29 is 19.3 Å². The van der Waals surface area contributed by atoms with Crippen LogP contribution in [0.4, 0.5) is 17.6 Å². The van der Waals surface area contributed by atoms with E-state index in [2.05, 4.69) is 22.1 Å². The Labute approximate surface area is 204 Å². The Bertz CT molecular complexity index is 1190. The number of aliphatic hydroxyl groups excluding tert-OH is 1. The van der Waals surface area contributed by atoms with Crippen molar-refractivity contribution in [3.63, 3.8) is 0 Å². The van der Waals surface area contributed by atoms with E-state index in [1.54, 1.807) is 27.7 Å². The second kappa shape index (κ2) is 9.61. The fraction of sp³-hybridized carbons (Fsp3) is 0.480. The number of rotatable bonds is 8. The summed E-state index contributed by atoms with van der Waals surface area (Å²) in [6.07, 6.45) is 8.58. The minimum absolute atomic E-state index is 0.0942. The third-order valence-corrected chi connectivity index (χ3v) is 6.92. The number of aliphatic hydroxyl groups is 1. The molecule has 3 aromatic rings. The zero-order valence-corrected chi connectivity index (χ0v) is 20.6. The Kier molecular flexibility index (Phi) is 6.38. The van der Waals surface area contributed by atoms with E-state index < -0.39 is 0 Å². The average Bonchev–Trinajstić information content (AvgIpc) is 3.62. The normalized spacial score (nSPS) is 19.1. The van der Waals surface area contributed by atoms with Crippen LogP contribution in [0.3, 0.4) is 0 Å². The Balaban J connectivity index is 1.45. The van der Waals surface area contributed by atoms with Crippen molar-refractivity contribution in [2.24, 2.45) is 0 Å². The van der Waals surface area contributed by atoms with Crippen LogP contribution in [0.2, 0.25) is 0 Å². The number of ether oxygens (including phenoxy) is 3. The molecule has 2 aliphatic rings. The Hall–Kier alpha value is -3.53. The number of methoxy groups -OCH3 is 3. The van der Waals surface area contributed by atoms with Crippen LogP contribution >= 0.6 is 0 Å². The van der Waals surface area contributed by atoms with Crippen molar-refractivity contribution in [3.8, 4) is 22.9 Å². The number of nitrogens with one attached hydrogen (secondary N) is 1. The maximum Gasteiger partial charge on any atom is 0.230 e. The number of anilines is 3. The molecule has 1 saturated heterocycles. The number of hydrogen-bond acceptors (Lipinski definition) is 9. The second-order valence-corrected chi connectivity index (χ2v) is 8.99. The first-order valence-electron chi connectivity index (χ1n) is 12.0. The highest BCUT2D eigenvalue weighted by molar-refractivity contribution is 5.61. The number of aryl methyl sites for hydroxylation is 1. The van der Waals surface area contributed by atoms with Crippen LogP contribution in [0.15, 0.2) is 24.7 Å². The van der Waals surface area contributed by atoms with Gasteiger partial charge in [-0.25, -0.2) is 9.97 Å². The zero-order valence-electron chi connectivity index (χ0n) is 20.6. The van der Waals surface area contributed by atoms with Crippen molar-refractivity contribution in [1.82, 2.24) is 19.5 Å². The summed E-state index contributed by atoms with van der Waals surface area (Å²) >= 11 is 0. The van der Waals surface area contributed by atoms with Gasteiger partial charge in [0.25, 0.3) is 0 Å².